The molecule has 0 aliphatic heterocycles. The largest absolute Gasteiger partial charge is 0.335 e. The van der Waals surface area contributed by atoms with Crippen LogP contribution in [0.15, 0.2) is 53.1 Å². The molecule has 2 heterocycles. The molecule has 150 valence electrons. The fourth-order valence-corrected chi connectivity index (χ4v) is 3.16. The lowest BCUT2D eigenvalue weighted by Crippen LogP contribution is -2.13. The number of aryl methyl sites for hydroxylation is 2. The molecule has 0 radical (unpaired) electrons. The van der Waals surface area contributed by atoms with Crippen LogP contribution in [0.2, 0.25) is 0 Å². The first kappa shape index (κ1) is 19.2. The van der Waals surface area contributed by atoms with Gasteiger partial charge in [0.25, 0.3) is 17.3 Å². The van der Waals surface area contributed by atoms with Crippen LogP contribution in [-0.4, -0.2) is 21.0 Å². The maximum absolute atomic E-state index is 14.3. The summed E-state index contributed by atoms with van der Waals surface area (Å²) < 4.78 is 19.5. The summed E-state index contributed by atoms with van der Waals surface area (Å²) in [6, 6.07) is 11.9. The number of pyridine rings is 1. The Morgan fingerprint density at radius 1 is 1.17 bits per heavy atom. The SMILES string of the molecule is Cc1ccc(NC(=O)c2cc(-c3ccccc3F)nc3onc(C)c23)cc1[N+](=O)[O-]. The number of hydrogen-bond donors (Lipinski definition) is 1. The number of aromatic nitrogens is 2. The van der Waals surface area contributed by atoms with E-state index in [9.17, 15) is 19.3 Å². The molecular weight excluding hydrogens is 391 g/mol. The topological polar surface area (TPSA) is 111 Å². The molecule has 9 heteroatoms. The third-order valence-corrected chi connectivity index (χ3v) is 4.68. The van der Waals surface area contributed by atoms with Crippen LogP contribution < -0.4 is 5.32 Å². The smallest absolute Gasteiger partial charge is 0.274 e. The van der Waals surface area contributed by atoms with Crippen molar-refractivity contribution in [1.82, 2.24) is 10.1 Å². The highest BCUT2D eigenvalue weighted by Crippen LogP contribution is 2.29. The number of nitrogens with one attached hydrogen (secondary N) is 1. The fourth-order valence-electron chi connectivity index (χ4n) is 3.16. The van der Waals surface area contributed by atoms with Gasteiger partial charge < -0.3 is 9.84 Å². The average Bonchev–Trinajstić information content (AvgIpc) is 3.09. The van der Waals surface area contributed by atoms with Crippen LogP contribution in [0, 0.1) is 29.8 Å². The summed E-state index contributed by atoms with van der Waals surface area (Å²) in [5, 5.41) is 18.1. The van der Waals surface area contributed by atoms with Gasteiger partial charge in [-0.3, -0.25) is 14.9 Å². The van der Waals surface area contributed by atoms with Gasteiger partial charge in [-0.15, -0.1) is 0 Å². The number of carbonyl (C=O) groups excluding carboxylic acids is 1. The van der Waals surface area contributed by atoms with E-state index in [-0.39, 0.29) is 33.9 Å². The molecule has 0 saturated carbocycles. The quantitative estimate of drug-likeness (QED) is 0.385. The Morgan fingerprint density at radius 3 is 2.67 bits per heavy atom. The van der Waals surface area contributed by atoms with Gasteiger partial charge in [0.05, 0.1) is 27.3 Å². The lowest BCUT2D eigenvalue weighted by Gasteiger charge is -2.09. The third kappa shape index (κ3) is 3.37. The van der Waals surface area contributed by atoms with Gasteiger partial charge in [0.2, 0.25) is 0 Å². The fraction of sp³-hybridized carbons (Fsp3) is 0.0952. The van der Waals surface area contributed by atoms with E-state index in [1.807, 2.05) is 0 Å². The van der Waals surface area contributed by atoms with Gasteiger partial charge in [0.1, 0.15) is 5.82 Å². The van der Waals surface area contributed by atoms with Crippen molar-refractivity contribution in [2.24, 2.45) is 0 Å². The first-order valence-electron chi connectivity index (χ1n) is 8.93. The van der Waals surface area contributed by atoms with Gasteiger partial charge >= 0.3 is 0 Å². The second kappa shape index (κ2) is 7.36. The van der Waals surface area contributed by atoms with Crippen LogP contribution >= 0.6 is 0 Å². The van der Waals surface area contributed by atoms with Crippen LogP contribution in [0.1, 0.15) is 21.6 Å². The molecule has 0 saturated heterocycles. The highest BCUT2D eigenvalue weighted by Gasteiger charge is 2.21. The van der Waals surface area contributed by atoms with Gasteiger partial charge in [-0.1, -0.05) is 23.4 Å². The van der Waals surface area contributed by atoms with Crippen molar-refractivity contribution < 1.29 is 18.6 Å². The predicted molar refractivity (Wildman–Crippen MR) is 108 cm³/mol. The van der Waals surface area contributed by atoms with Crippen LogP contribution in [0.4, 0.5) is 15.8 Å². The highest BCUT2D eigenvalue weighted by molar-refractivity contribution is 6.13. The summed E-state index contributed by atoms with van der Waals surface area (Å²) >= 11 is 0. The Bertz CT molecular complexity index is 1320. The molecule has 2 aromatic carbocycles. The summed E-state index contributed by atoms with van der Waals surface area (Å²) in [5.41, 5.74) is 1.72. The maximum Gasteiger partial charge on any atom is 0.274 e. The molecule has 1 amide bonds. The van der Waals surface area contributed by atoms with Gasteiger partial charge in [0, 0.05) is 22.9 Å². The molecule has 0 aliphatic rings. The summed E-state index contributed by atoms with van der Waals surface area (Å²) in [7, 11) is 0. The molecule has 8 nitrogen and oxygen atoms in total. The van der Waals surface area contributed by atoms with E-state index in [1.54, 1.807) is 38.1 Å². The van der Waals surface area contributed by atoms with E-state index >= 15 is 0 Å². The number of anilines is 1. The predicted octanol–water partition coefficient (Wildman–Crippen LogP) is 4.81. The molecule has 0 spiro atoms. The number of amides is 1. The van der Waals surface area contributed by atoms with E-state index in [0.29, 0.717) is 16.6 Å². The van der Waals surface area contributed by atoms with Crippen molar-refractivity contribution in [3.8, 4) is 11.3 Å². The van der Waals surface area contributed by atoms with Gasteiger partial charge in [-0.05, 0) is 38.1 Å². The number of carbonyl (C=O) groups is 1. The number of halogens is 1. The molecule has 0 unspecified atom stereocenters. The minimum Gasteiger partial charge on any atom is -0.335 e. The van der Waals surface area contributed by atoms with Crippen molar-refractivity contribution in [3.05, 3.63) is 81.3 Å². The lowest BCUT2D eigenvalue weighted by molar-refractivity contribution is -0.385. The Balaban J connectivity index is 1.81. The van der Waals surface area contributed by atoms with E-state index in [2.05, 4.69) is 15.5 Å². The molecule has 0 atom stereocenters. The standard InChI is InChI=1S/C21H15FN4O4/c1-11-7-8-13(9-18(11)26(28)29)23-20(27)15-10-17(14-5-3-4-6-16(14)22)24-21-19(15)12(2)25-30-21/h3-10H,1-2H3,(H,23,27). The van der Waals surface area contributed by atoms with Crippen LogP contribution in [-0.2, 0) is 0 Å². The Labute approximate surface area is 169 Å². The third-order valence-electron chi connectivity index (χ3n) is 4.68. The lowest BCUT2D eigenvalue weighted by atomic mass is 10.0. The van der Waals surface area contributed by atoms with E-state index < -0.39 is 16.6 Å². The maximum atomic E-state index is 14.3. The minimum absolute atomic E-state index is 0.0910. The summed E-state index contributed by atoms with van der Waals surface area (Å²) in [5.74, 6) is -1.05. The zero-order chi connectivity index (χ0) is 21.4. The number of benzene rings is 2. The zero-order valence-corrected chi connectivity index (χ0v) is 16.0. The number of rotatable bonds is 4. The van der Waals surface area contributed by atoms with E-state index in [1.165, 1.54) is 24.3 Å². The zero-order valence-electron chi connectivity index (χ0n) is 16.0. The first-order chi connectivity index (χ1) is 14.3. The molecule has 4 aromatic rings. The number of nitrogens with zero attached hydrogens (tertiary/aromatic N) is 3. The van der Waals surface area contributed by atoms with Gasteiger partial charge in [-0.2, -0.15) is 0 Å². The molecule has 0 fully saturated rings. The molecule has 0 aliphatic carbocycles. The second-order valence-corrected chi connectivity index (χ2v) is 6.70. The second-order valence-electron chi connectivity index (χ2n) is 6.70. The first-order valence-corrected chi connectivity index (χ1v) is 8.93. The Morgan fingerprint density at radius 2 is 1.93 bits per heavy atom. The minimum atomic E-state index is -0.551. The normalized spacial score (nSPS) is 10.9. The molecule has 4 rings (SSSR count). The monoisotopic (exact) mass is 406 g/mol. The highest BCUT2D eigenvalue weighted by atomic mass is 19.1. The van der Waals surface area contributed by atoms with Crippen molar-refractivity contribution in [2.75, 3.05) is 5.32 Å². The molecule has 1 N–H and O–H groups in total. The Kier molecular flexibility index (Phi) is 4.71. The summed E-state index contributed by atoms with van der Waals surface area (Å²) in [6.07, 6.45) is 0. The van der Waals surface area contributed by atoms with Crippen LogP contribution in [0.5, 0.6) is 0 Å². The molecular formula is C21H15FN4O4. The number of hydrogen-bond acceptors (Lipinski definition) is 6. The van der Waals surface area contributed by atoms with Crippen molar-refractivity contribution in [3.63, 3.8) is 0 Å². The van der Waals surface area contributed by atoms with Crippen LogP contribution in [0.25, 0.3) is 22.4 Å². The van der Waals surface area contributed by atoms with Crippen molar-refractivity contribution in [1.29, 1.82) is 0 Å². The van der Waals surface area contributed by atoms with E-state index in [4.69, 9.17) is 4.52 Å². The summed E-state index contributed by atoms with van der Waals surface area (Å²) in [6.45, 7) is 3.26. The molecule has 30 heavy (non-hydrogen) atoms. The van der Waals surface area contributed by atoms with E-state index in [0.717, 1.165) is 0 Å². The Hall–Kier alpha value is -4.14. The van der Waals surface area contributed by atoms with Crippen molar-refractivity contribution >= 4 is 28.4 Å². The van der Waals surface area contributed by atoms with Crippen molar-refractivity contribution in [2.45, 2.75) is 13.8 Å². The van der Waals surface area contributed by atoms with Gasteiger partial charge in [-0.25, -0.2) is 9.37 Å². The number of nitro groups is 1. The van der Waals surface area contributed by atoms with Gasteiger partial charge in [0.15, 0.2) is 0 Å². The number of nitro benzene ring substituents is 1. The average molecular weight is 406 g/mol. The van der Waals surface area contributed by atoms with Crippen LogP contribution in [0.3, 0.4) is 0 Å². The summed E-state index contributed by atoms with van der Waals surface area (Å²) in [4.78, 5) is 28.0. The molecule has 0 bridgehead atoms. The molecule has 2 aromatic heterocycles. The number of fused-ring (bicyclic) bond motifs is 1.